The van der Waals surface area contributed by atoms with Crippen molar-refractivity contribution < 1.29 is 4.74 Å². The molecule has 3 nitrogen and oxygen atoms in total. The normalized spacial score (nSPS) is 22.1. The first kappa shape index (κ1) is 11.7. The van der Waals surface area contributed by atoms with Crippen LogP contribution in [0.3, 0.4) is 0 Å². The quantitative estimate of drug-likeness (QED) is 0.825. The molecule has 2 rings (SSSR count). The summed E-state index contributed by atoms with van der Waals surface area (Å²) in [5.74, 6) is 0.795. The number of aromatic nitrogens is 1. The zero-order valence-corrected chi connectivity index (χ0v) is 10.4. The predicted molar refractivity (Wildman–Crippen MR) is 65.1 cm³/mol. The van der Waals surface area contributed by atoms with E-state index in [2.05, 4.69) is 17.2 Å². The van der Waals surface area contributed by atoms with Crippen LogP contribution in [0.15, 0.2) is 12.3 Å². The fourth-order valence-corrected chi connectivity index (χ4v) is 2.11. The Morgan fingerprint density at radius 3 is 3.06 bits per heavy atom. The summed E-state index contributed by atoms with van der Waals surface area (Å²) in [6.45, 7) is 5.11. The van der Waals surface area contributed by atoms with Gasteiger partial charge in [0.2, 0.25) is 0 Å². The Hall–Kier alpha value is -0.800. The highest BCUT2D eigenvalue weighted by Crippen LogP contribution is 2.21. The summed E-state index contributed by atoms with van der Waals surface area (Å²) in [7, 11) is 0. The van der Waals surface area contributed by atoms with E-state index in [1.54, 1.807) is 6.20 Å². The van der Waals surface area contributed by atoms with Crippen molar-refractivity contribution in [3.63, 3.8) is 0 Å². The molecule has 0 saturated carbocycles. The third-order valence-electron chi connectivity index (χ3n) is 2.98. The lowest BCUT2D eigenvalue weighted by Gasteiger charge is -2.21. The molecule has 1 aromatic heterocycles. The van der Waals surface area contributed by atoms with Crippen molar-refractivity contribution in [1.29, 1.82) is 0 Å². The van der Waals surface area contributed by atoms with Gasteiger partial charge in [-0.1, -0.05) is 11.6 Å². The van der Waals surface area contributed by atoms with Crippen LogP contribution in [0.4, 0.5) is 0 Å². The van der Waals surface area contributed by atoms with Crippen LogP contribution in [0, 0.1) is 6.92 Å². The zero-order chi connectivity index (χ0) is 11.5. The van der Waals surface area contributed by atoms with Gasteiger partial charge in [-0.3, -0.25) is 0 Å². The van der Waals surface area contributed by atoms with E-state index < -0.39 is 0 Å². The van der Waals surface area contributed by atoms with Crippen molar-refractivity contribution in [3.8, 4) is 5.75 Å². The smallest absolute Gasteiger partial charge is 0.138 e. The highest BCUT2D eigenvalue weighted by molar-refractivity contribution is 6.30. The van der Waals surface area contributed by atoms with Gasteiger partial charge in [-0.2, -0.15) is 0 Å². The third kappa shape index (κ3) is 2.66. The second kappa shape index (κ2) is 5.02. The summed E-state index contributed by atoms with van der Waals surface area (Å²) in [4.78, 5) is 4.08. The van der Waals surface area contributed by atoms with Crippen LogP contribution in [0.2, 0.25) is 5.15 Å². The molecule has 2 heterocycles. The summed E-state index contributed by atoms with van der Waals surface area (Å²) < 4.78 is 5.85. The molecule has 16 heavy (non-hydrogen) atoms. The molecule has 88 valence electrons. The van der Waals surface area contributed by atoms with Crippen molar-refractivity contribution >= 4 is 11.6 Å². The number of nitrogens with one attached hydrogen (secondary N) is 1. The third-order valence-corrected chi connectivity index (χ3v) is 3.37. The average Bonchev–Trinajstić information content (AvgIpc) is 2.77. The summed E-state index contributed by atoms with van der Waals surface area (Å²) in [5, 5.41) is 3.97. The van der Waals surface area contributed by atoms with Crippen LogP contribution in [0.25, 0.3) is 0 Å². The molecule has 0 aliphatic carbocycles. The SMILES string of the molecule is Cc1cc(OC(C)[C@H]2CCCN2)cnc1Cl. The lowest BCUT2D eigenvalue weighted by atomic mass is 10.1. The standard InChI is InChI=1S/C12H17ClN2O/c1-8-6-10(7-15-12(8)13)16-9(2)11-4-3-5-14-11/h6-7,9,11,14H,3-5H2,1-2H3/t9?,11-/m1/s1. The Morgan fingerprint density at radius 2 is 2.44 bits per heavy atom. The van der Waals surface area contributed by atoms with Crippen molar-refractivity contribution in [2.45, 2.75) is 38.8 Å². The number of halogens is 1. The number of hydrogen-bond donors (Lipinski definition) is 1. The van der Waals surface area contributed by atoms with Gasteiger partial charge in [0.25, 0.3) is 0 Å². The lowest BCUT2D eigenvalue weighted by Crippen LogP contribution is -2.36. The minimum atomic E-state index is 0.171. The zero-order valence-electron chi connectivity index (χ0n) is 9.66. The monoisotopic (exact) mass is 240 g/mol. The molecule has 1 aromatic rings. The van der Waals surface area contributed by atoms with Gasteiger partial charge in [-0.05, 0) is 44.9 Å². The minimum Gasteiger partial charge on any atom is -0.487 e. The summed E-state index contributed by atoms with van der Waals surface area (Å²) in [6.07, 6.45) is 4.27. The number of rotatable bonds is 3. The van der Waals surface area contributed by atoms with Crippen molar-refractivity contribution in [2.24, 2.45) is 0 Å². The Labute approximate surface area is 101 Å². The second-order valence-corrected chi connectivity index (χ2v) is 4.66. The molecule has 1 fully saturated rings. The molecule has 1 unspecified atom stereocenters. The first-order valence-electron chi connectivity index (χ1n) is 5.69. The van der Waals surface area contributed by atoms with E-state index in [-0.39, 0.29) is 6.10 Å². The number of nitrogens with zero attached hydrogens (tertiary/aromatic N) is 1. The van der Waals surface area contributed by atoms with E-state index in [4.69, 9.17) is 16.3 Å². The van der Waals surface area contributed by atoms with Gasteiger partial charge in [0.05, 0.1) is 6.20 Å². The van der Waals surface area contributed by atoms with Crippen molar-refractivity contribution in [2.75, 3.05) is 6.54 Å². The van der Waals surface area contributed by atoms with Crippen molar-refractivity contribution in [1.82, 2.24) is 10.3 Å². The van der Waals surface area contributed by atoms with Crippen LogP contribution < -0.4 is 10.1 Å². The fraction of sp³-hybridized carbons (Fsp3) is 0.583. The maximum absolute atomic E-state index is 5.87. The molecule has 0 bridgehead atoms. The molecular weight excluding hydrogens is 224 g/mol. The Bertz CT molecular complexity index is 364. The molecule has 0 radical (unpaired) electrons. The number of aryl methyl sites for hydroxylation is 1. The first-order valence-corrected chi connectivity index (χ1v) is 6.07. The maximum Gasteiger partial charge on any atom is 0.138 e. The summed E-state index contributed by atoms with van der Waals surface area (Å²) in [6, 6.07) is 2.39. The molecule has 4 heteroatoms. The molecule has 2 atom stereocenters. The van der Waals surface area contributed by atoms with E-state index in [1.807, 2.05) is 13.0 Å². The average molecular weight is 241 g/mol. The van der Waals surface area contributed by atoms with Gasteiger partial charge >= 0.3 is 0 Å². The Balaban J connectivity index is 1.99. The maximum atomic E-state index is 5.87. The minimum absolute atomic E-state index is 0.171. The predicted octanol–water partition coefficient (Wildman–Crippen LogP) is 2.56. The second-order valence-electron chi connectivity index (χ2n) is 4.30. The van der Waals surface area contributed by atoms with Crippen LogP contribution in [-0.2, 0) is 0 Å². The highest BCUT2D eigenvalue weighted by Gasteiger charge is 2.22. The largest absolute Gasteiger partial charge is 0.487 e. The molecule has 0 amide bonds. The fourth-order valence-electron chi connectivity index (χ4n) is 2.01. The van der Waals surface area contributed by atoms with Gasteiger partial charge in [-0.15, -0.1) is 0 Å². The molecule has 1 N–H and O–H groups in total. The van der Waals surface area contributed by atoms with Gasteiger partial charge in [0.15, 0.2) is 0 Å². The van der Waals surface area contributed by atoms with Gasteiger partial charge in [0.1, 0.15) is 17.0 Å². The molecule has 1 aliphatic heterocycles. The summed E-state index contributed by atoms with van der Waals surface area (Å²) >= 11 is 5.87. The lowest BCUT2D eigenvalue weighted by molar-refractivity contribution is 0.179. The Morgan fingerprint density at radius 1 is 1.62 bits per heavy atom. The summed E-state index contributed by atoms with van der Waals surface area (Å²) in [5.41, 5.74) is 0.950. The van der Waals surface area contributed by atoms with E-state index in [9.17, 15) is 0 Å². The van der Waals surface area contributed by atoms with Crippen LogP contribution in [0.5, 0.6) is 5.75 Å². The number of ether oxygens (including phenoxy) is 1. The number of hydrogen-bond acceptors (Lipinski definition) is 3. The molecule has 1 saturated heterocycles. The van der Waals surface area contributed by atoms with E-state index in [0.717, 1.165) is 17.9 Å². The van der Waals surface area contributed by atoms with E-state index >= 15 is 0 Å². The van der Waals surface area contributed by atoms with Crippen LogP contribution in [-0.4, -0.2) is 23.7 Å². The van der Waals surface area contributed by atoms with Gasteiger partial charge < -0.3 is 10.1 Å². The van der Waals surface area contributed by atoms with Crippen LogP contribution >= 0.6 is 11.6 Å². The molecular formula is C12H17ClN2O. The topological polar surface area (TPSA) is 34.1 Å². The van der Waals surface area contributed by atoms with Gasteiger partial charge in [-0.25, -0.2) is 4.98 Å². The van der Waals surface area contributed by atoms with E-state index in [1.165, 1.54) is 12.8 Å². The molecule has 1 aliphatic rings. The van der Waals surface area contributed by atoms with E-state index in [0.29, 0.717) is 11.2 Å². The van der Waals surface area contributed by atoms with Gasteiger partial charge in [0, 0.05) is 6.04 Å². The van der Waals surface area contributed by atoms with Crippen molar-refractivity contribution in [3.05, 3.63) is 23.0 Å². The molecule has 0 spiro atoms. The number of pyridine rings is 1. The molecule has 0 aromatic carbocycles. The Kier molecular flexibility index (Phi) is 3.66. The first-order chi connectivity index (χ1) is 7.66. The van der Waals surface area contributed by atoms with Crippen LogP contribution in [0.1, 0.15) is 25.3 Å². The highest BCUT2D eigenvalue weighted by atomic mass is 35.5.